The van der Waals surface area contributed by atoms with Crippen LogP contribution < -0.4 is 4.72 Å². The molecule has 4 heteroatoms. The Morgan fingerprint density at radius 2 is 1.88 bits per heavy atom. The second-order valence-corrected chi connectivity index (χ2v) is 7.59. The predicted molar refractivity (Wildman–Crippen MR) is 73.6 cm³/mol. The van der Waals surface area contributed by atoms with E-state index in [0.717, 1.165) is 10.0 Å². The van der Waals surface area contributed by atoms with Gasteiger partial charge in [0.2, 0.25) is 0 Å². The van der Waals surface area contributed by atoms with Crippen molar-refractivity contribution in [3.63, 3.8) is 0 Å². The summed E-state index contributed by atoms with van der Waals surface area (Å²) >= 11 is 3.50. The largest absolute Gasteiger partial charge is 0.242 e. The molecule has 0 saturated heterocycles. The number of hydrogen-bond donors (Lipinski definition) is 1. The summed E-state index contributed by atoms with van der Waals surface area (Å²) in [5.41, 5.74) is 1.13. The normalized spacial score (nSPS) is 15.8. The Labute approximate surface area is 109 Å². The second kappa shape index (κ2) is 5.43. The molecule has 0 amide bonds. The lowest BCUT2D eigenvalue weighted by molar-refractivity contribution is 0.615. The highest BCUT2D eigenvalue weighted by Crippen LogP contribution is 2.24. The Bertz CT molecular complexity index is 387. The molecule has 2 nitrogen and oxygen atoms in total. The molecule has 2 atom stereocenters. The molecule has 1 aromatic carbocycles. The molecule has 0 fully saturated rings. The fourth-order valence-electron chi connectivity index (χ4n) is 1.23. The molecule has 0 saturated carbocycles. The molecule has 0 heterocycles. The molecule has 0 aromatic heterocycles. The van der Waals surface area contributed by atoms with Crippen LogP contribution in [0.3, 0.4) is 0 Å². The first kappa shape index (κ1) is 13.9. The Hall–Kier alpha value is -0.190. The maximum Gasteiger partial charge on any atom is 0.0975 e. The van der Waals surface area contributed by atoms with Crippen molar-refractivity contribution in [1.82, 2.24) is 4.72 Å². The van der Waals surface area contributed by atoms with Gasteiger partial charge in [-0.15, -0.1) is 0 Å². The third kappa shape index (κ3) is 3.68. The molecule has 16 heavy (non-hydrogen) atoms. The van der Waals surface area contributed by atoms with Gasteiger partial charge in [0, 0.05) is 10.5 Å². The molecule has 0 spiro atoms. The fourth-order valence-corrected chi connectivity index (χ4v) is 2.66. The van der Waals surface area contributed by atoms with E-state index in [1.165, 1.54) is 0 Å². The zero-order chi connectivity index (χ0) is 12.3. The summed E-state index contributed by atoms with van der Waals surface area (Å²) < 4.78 is 15.9. The third-order valence-electron chi connectivity index (χ3n) is 2.21. The highest BCUT2D eigenvalue weighted by Gasteiger charge is 2.22. The van der Waals surface area contributed by atoms with Gasteiger partial charge in [0.15, 0.2) is 0 Å². The van der Waals surface area contributed by atoms with Crippen molar-refractivity contribution >= 4 is 26.9 Å². The van der Waals surface area contributed by atoms with Crippen LogP contribution in [0.2, 0.25) is 0 Å². The first-order chi connectivity index (χ1) is 7.32. The number of benzene rings is 1. The van der Waals surface area contributed by atoms with Crippen molar-refractivity contribution in [2.75, 3.05) is 0 Å². The second-order valence-electron chi connectivity index (χ2n) is 4.74. The molecule has 0 aliphatic rings. The van der Waals surface area contributed by atoms with E-state index < -0.39 is 11.0 Å². The van der Waals surface area contributed by atoms with Crippen LogP contribution in [0.25, 0.3) is 0 Å². The van der Waals surface area contributed by atoms with Crippen molar-refractivity contribution in [3.05, 3.63) is 34.3 Å². The number of nitrogens with one attached hydrogen (secondary N) is 1. The third-order valence-corrected chi connectivity index (χ3v) is 4.61. The van der Waals surface area contributed by atoms with E-state index in [1.54, 1.807) is 0 Å². The van der Waals surface area contributed by atoms with E-state index in [9.17, 15) is 4.21 Å². The molecule has 0 bridgehead atoms. The Kier molecular flexibility index (Phi) is 4.71. The van der Waals surface area contributed by atoms with E-state index in [1.807, 2.05) is 52.0 Å². The number of hydrogen-bond acceptors (Lipinski definition) is 1. The Morgan fingerprint density at radius 1 is 1.31 bits per heavy atom. The van der Waals surface area contributed by atoms with Gasteiger partial charge in [-0.1, -0.05) is 34.1 Å². The highest BCUT2D eigenvalue weighted by atomic mass is 79.9. The monoisotopic (exact) mass is 303 g/mol. The summed E-state index contributed by atoms with van der Waals surface area (Å²) in [4.78, 5) is 0. The average Bonchev–Trinajstić information content (AvgIpc) is 2.16. The van der Waals surface area contributed by atoms with Gasteiger partial charge in [-0.3, -0.25) is 0 Å². The van der Waals surface area contributed by atoms with Gasteiger partial charge in [-0.05, 0) is 39.3 Å². The summed E-state index contributed by atoms with van der Waals surface area (Å²) in [6, 6.07) is 8.05. The van der Waals surface area contributed by atoms with Crippen molar-refractivity contribution in [3.8, 4) is 0 Å². The molecule has 0 aliphatic carbocycles. The maximum atomic E-state index is 11.9. The van der Waals surface area contributed by atoms with Gasteiger partial charge in [0.1, 0.15) is 0 Å². The maximum absolute atomic E-state index is 11.9. The van der Waals surface area contributed by atoms with Gasteiger partial charge >= 0.3 is 0 Å². The molecular weight excluding hydrogens is 286 g/mol. The summed E-state index contributed by atoms with van der Waals surface area (Å²) in [5, 5.41) is 0. The quantitative estimate of drug-likeness (QED) is 0.909. The summed E-state index contributed by atoms with van der Waals surface area (Å²) in [6.07, 6.45) is 0. The van der Waals surface area contributed by atoms with Crippen LogP contribution >= 0.6 is 15.9 Å². The van der Waals surface area contributed by atoms with Crippen molar-refractivity contribution in [1.29, 1.82) is 0 Å². The summed E-state index contributed by atoms with van der Waals surface area (Å²) in [6.45, 7) is 7.90. The van der Waals surface area contributed by atoms with Crippen LogP contribution in [0.5, 0.6) is 0 Å². The van der Waals surface area contributed by atoms with Crippen LogP contribution in [-0.4, -0.2) is 8.96 Å². The van der Waals surface area contributed by atoms with Crippen LogP contribution in [0, 0.1) is 0 Å². The minimum Gasteiger partial charge on any atom is -0.242 e. The molecule has 1 rings (SSSR count). The fraction of sp³-hybridized carbons (Fsp3) is 0.500. The van der Waals surface area contributed by atoms with E-state index >= 15 is 0 Å². The lowest BCUT2D eigenvalue weighted by atomic mass is 10.1. The Morgan fingerprint density at radius 3 is 2.38 bits per heavy atom. The molecule has 1 aromatic rings. The topological polar surface area (TPSA) is 29.1 Å². The summed E-state index contributed by atoms with van der Waals surface area (Å²) in [7, 11) is -1.05. The van der Waals surface area contributed by atoms with Gasteiger partial charge in [0.25, 0.3) is 0 Å². The van der Waals surface area contributed by atoms with E-state index in [2.05, 4.69) is 20.7 Å². The number of halogens is 1. The first-order valence-corrected chi connectivity index (χ1v) is 7.19. The molecule has 0 radical (unpaired) electrons. The van der Waals surface area contributed by atoms with Crippen LogP contribution in [0.1, 0.15) is 39.3 Å². The van der Waals surface area contributed by atoms with E-state index in [-0.39, 0.29) is 10.8 Å². The summed E-state index contributed by atoms with van der Waals surface area (Å²) in [5.74, 6) is 0. The van der Waals surface area contributed by atoms with Crippen LogP contribution in [0.4, 0.5) is 0 Å². The molecule has 1 unspecified atom stereocenters. The molecular formula is C12H18BrNOS. The average molecular weight is 304 g/mol. The minimum atomic E-state index is -1.05. The SMILES string of the molecule is C[C@H](NS(=O)C(C)(C)C)c1ccccc1Br. The highest BCUT2D eigenvalue weighted by molar-refractivity contribution is 9.10. The Balaban J connectivity index is 2.78. The molecule has 90 valence electrons. The van der Waals surface area contributed by atoms with E-state index in [0.29, 0.717) is 0 Å². The van der Waals surface area contributed by atoms with Crippen LogP contribution in [0.15, 0.2) is 28.7 Å². The zero-order valence-electron chi connectivity index (χ0n) is 10.1. The van der Waals surface area contributed by atoms with Crippen molar-refractivity contribution in [2.24, 2.45) is 0 Å². The zero-order valence-corrected chi connectivity index (χ0v) is 12.5. The van der Waals surface area contributed by atoms with Crippen molar-refractivity contribution < 1.29 is 4.21 Å². The molecule has 0 aliphatic heterocycles. The lowest BCUT2D eigenvalue weighted by Crippen LogP contribution is -2.34. The first-order valence-electron chi connectivity index (χ1n) is 5.25. The van der Waals surface area contributed by atoms with Crippen LogP contribution in [-0.2, 0) is 11.0 Å². The van der Waals surface area contributed by atoms with Gasteiger partial charge in [0.05, 0.1) is 15.7 Å². The minimum absolute atomic E-state index is 0.0654. The van der Waals surface area contributed by atoms with E-state index in [4.69, 9.17) is 0 Å². The van der Waals surface area contributed by atoms with Gasteiger partial charge in [-0.2, -0.15) is 0 Å². The van der Waals surface area contributed by atoms with Gasteiger partial charge < -0.3 is 0 Å². The van der Waals surface area contributed by atoms with Crippen molar-refractivity contribution in [2.45, 2.75) is 38.5 Å². The smallest absolute Gasteiger partial charge is 0.0975 e. The van der Waals surface area contributed by atoms with Gasteiger partial charge in [-0.25, -0.2) is 8.93 Å². The lowest BCUT2D eigenvalue weighted by Gasteiger charge is -2.22. The predicted octanol–water partition coefficient (Wildman–Crippen LogP) is 3.56. The molecule has 1 N–H and O–H groups in total. The number of rotatable bonds is 3. The standard InChI is InChI=1S/C12H18BrNOS/c1-9(14-16(15)12(2,3)4)10-7-5-6-8-11(10)13/h5-9,14H,1-4H3/t9-,16?/m0/s1.